The predicted molar refractivity (Wildman–Crippen MR) is 86.4 cm³/mol. The second-order valence-corrected chi connectivity index (χ2v) is 5.14. The van der Waals surface area contributed by atoms with Crippen molar-refractivity contribution in [3.05, 3.63) is 29.8 Å². The molecule has 1 rings (SSSR count). The standard InChI is InChI=1S/C16H27N3O/c1-4-5-10-20-11-9-18-16(17)19-15-8-6-7-14(12-15)13(2)3/h6-8,12-13H,4-5,9-11H2,1-3H3,(H3,17,18,19). The summed E-state index contributed by atoms with van der Waals surface area (Å²) in [6.07, 6.45) is 2.25. The first kappa shape index (κ1) is 16.5. The van der Waals surface area contributed by atoms with Crippen LogP contribution in [-0.4, -0.2) is 25.7 Å². The zero-order chi connectivity index (χ0) is 14.8. The number of anilines is 1. The summed E-state index contributed by atoms with van der Waals surface area (Å²) in [6.45, 7) is 8.50. The van der Waals surface area contributed by atoms with Gasteiger partial charge in [0.1, 0.15) is 0 Å². The quantitative estimate of drug-likeness (QED) is 0.435. The fourth-order valence-electron chi connectivity index (χ4n) is 1.74. The molecule has 4 heteroatoms. The molecule has 0 spiro atoms. The highest BCUT2D eigenvalue weighted by molar-refractivity contribution is 5.92. The number of benzene rings is 1. The second kappa shape index (κ2) is 9.37. The number of ether oxygens (including phenoxy) is 1. The third-order valence-corrected chi connectivity index (χ3v) is 2.99. The Bertz CT molecular complexity index is 416. The van der Waals surface area contributed by atoms with Gasteiger partial charge in [-0.15, -0.1) is 0 Å². The van der Waals surface area contributed by atoms with Gasteiger partial charge < -0.3 is 15.8 Å². The van der Waals surface area contributed by atoms with Crippen LogP contribution >= 0.6 is 0 Å². The molecule has 0 saturated heterocycles. The zero-order valence-electron chi connectivity index (χ0n) is 12.9. The Morgan fingerprint density at radius 1 is 1.35 bits per heavy atom. The van der Waals surface area contributed by atoms with Crippen LogP contribution in [0.5, 0.6) is 0 Å². The number of rotatable bonds is 8. The lowest BCUT2D eigenvalue weighted by Crippen LogP contribution is -2.23. The van der Waals surface area contributed by atoms with Crippen LogP contribution in [-0.2, 0) is 4.74 Å². The maximum atomic E-state index is 5.86. The Hall–Kier alpha value is -1.55. The van der Waals surface area contributed by atoms with Crippen molar-refractivity contribution < 1.29 is 4.74 Å². The number of aliphatic imine (C=N–C) groups is 1. The molecular weight excluding hydrogens is 250 g/mol. The first-order chi connectivity index (χ1) is 9.63. The maximum Gasteiger partial charge on any atom is 0.193 e. The average molecular weight is 277 g/mol. The number of nitrogens with one attached hydrogen (secondary N) is 1. The van der Waals surface area contributed by atoms with E-state index in [2.05, 4.69) is 43.2 Å². The minimum Gasteiger partial charge on any atom is -0.380 e. The van der Waals surface area contributed by atoms with Crippen molar-refractivity contribution >= 4 is 11.6 Å². The third-order valence-electron chi connectivity index (χ3n) is 2.99. The molecule has 0 aliphatic carbocycles. The third kappa shape index (κ3) is 6.57. The van der Waals surface area contributed by atoms with Gasteiger partial charge in [0.15, 0.2) is 5.96 Å². The van der Waals surface area contributed by atoms with Crippen LogP contribution < -0.4 is 11.1 Å². The van der Waals surface area contributed by atoms with E-state index in [-0.39, 0.29) is 0 Å². The fraction of sp³-hybridized carbons (Fsp3) is 0.562. The van der Waals surface area contributed by atoms with Crippen molar-refractivity contribution in [1.29, 1.82) is 0 Å². The number of hydrogen-bond acceptors (Lipinski definition) is 2. The Balaban J connectivity index is 2.37. The first-order valence-corrected chi connectivity index (χ1v) is 7.38. The highest BCUT2D eigenvalue weighted by Crippen LogP contribution is 2.18. The van der Waals surface area contributed by atoms with Crippen LogP contribution in [0.4, 0.5) is 5.69 Å². The molecule has 0 unspecified atom stereocenters. The summed E-state index contributed by atoms with van der Waals surface area (Å²) in [6, 6.07) is 8.24. The summed E-state index contributed by atoms with van der Waals surface area (Å²) >= 11 is 0. The number of guanidine groups is 1. The van der Waals surface area contributed by atoms with E-state index < -0.39 is 0 Å². The molecular formula is C16H27N3O. The molecule has 1 aromatic rings. The van der Waals surface area contributed by atoms with Gasteiger partial charge in [-0.1, -0.05) is 39.3 Å². The number of nitrogens with zero attached hydrogens (tertiary/aromatic N) is 1. The van der Waals surface area contributed by atoms with Crippen molar-refractivity contribution in [2.45, 2.75) is 39.5 Å². The molecule has 0 aromatic heterocycles. The topological polar surface area (TPSA) is 59.6 Å². The van der Waals surface area contributed by atoms with E-state index in [1.165, 1.54) is 5.56 Å². The summed E-state index contributed by atoms with van der Waals surface area (Å²) in [5.41, 5.74) is 8.12. The molecule has 0 radical (unpaired) electrons. The van der Waals surface area contributed by atoms with E-state index in [4.69, 9.17) is 10.5 Å². The summed E-state index contributed by atoms with van der Waals surface area (Å²) in [5, 5.41) is 3.11. The molecule has 0 heterocycles. The SMILES string of the molecule is CCCCOCCN=C(N)Nc1cccc(C(C)C)c1. The highest BCUT2D eigenvalue weighted by atomic mass is 16.5. The maximum absolute atomic E-state index is 5.86. The van der Waals surface area contributed by atoms with Crippen molar-refractivity contribution in [2.75, 3.05) is 25.1 Å². The van der Waals surface area contributed by atoms with Crippen LogP contribution in [0, 0.1) is 0 Å². The lowest BCUT2D eigenvalue weighted by Gasteiger charge is -2.10. The van der Waals surface area contributed by atoms with Crippen molar-refractivity contribution in [1.82, 2.24) is 0 Å². The molecule has 0 aliphatic rings. The van der Waals surface area contributed by atoms with Crippen LogP contribution in [0.25, 0.3) is 0 Å². The molecule has 20 heavy (non-hydrogen) atoms. The average Bonchev–Trinajstić information content (AvgIpc) is 2.43. The van der Waals surface area contributed by atoms with E-state index >= 15 is 0 Å². The summed E-state index contributed by atoms with van der Waals surface area (Å²) in [5.74, 6) is 0.937. The summed E-state index contributed by atoms with van der Waals surface area (Å²) in [7, 11) is 0. The van der Waals surface area contributed by atoms with Gasteiger partial charge in [0.25, 0.3) is 0 Å². The van der Waals surface area contributed by atoms with Gasteiger partial charge in [-0.25, -0.2) is 0 Å². The van der Waals surface area contributed by atoms with Crippen LogP contribution in [0.3, 0.4) is 0 Å². The van der Waals surface area contributed by atoms with Gasteiger partial charge in [0.2, 0.25) is 0 Å². The molecule has 0 saturated carbocycles. The van der Waals surface area contributed by atoms with E-state index in [1.807, 2.05) is 12.1 Å². The van der Waals surface area contributed by atoms with Gasteiger partial charge in [-0.05, 0) is 30.0 Å². The molecule has 0 atom stereocenters. The molecule has 112 valence electrons. The van der Waals surface area contributed by atoms with E-state index in [9.17, 15) is 0 Å². The monoisotopic (exact) mass is 277 g/mol. The first-order valence-electron chi connectivity index (χ1n) is 7.38. The lowest BCUT2D eigenvalue weighted by atomic mass is 10.0. The van der Waals surface area contributed by atoms with Gasteiger partial charge in [-0.3, -0.25) is 4.99 Å². The largest absolute Gasteiger partial charge is 0.380 e. The summed E-state index contributed by atoms with van der Waals surface area (Å²) < 4.78 is 5.43. The molecule has 1 aromatic carbocycles. The Labute approximate surface area is 122 Å². The summed E-state index contributed by atoms with van der Waals surface area (Å²) in [4.78, 5) is 4.25. The van der Waals surface area contributed by atoms with Gasteiger partial charge in [0, 0.05) is 12.3 Å². The molecule has 3 N–H and O–H groups in total. The minimum atomic E-state index is 0.435. The fourth-order valence-corrected chi connectivity index (χ4v) is 1.74. The Morgan fingerprint density at radius 3 is 2.85 bits per heavy atom. The van der Waals surface area contributed by atoms with Gasteiger partial charge in [-0.2, -0.15) is 0 Å². The predicted octanol–water partition coefficient (Wildman–Crippen LogP) is 3.35. The van der Waals surface area contributed by atoms with Crippen molar-refractivity contribution in [2.24, 2.45) is 10.7 Å². The molecule has 4 nitrogen and oxygen atoms in total. The highest BCUT2D eigenvalue weighted by Gasteiger charge is 2.00. The smallest absolute Gasteiger partial charge is 0.193 e. The van der Waals surface area contributed by atoms with E-state index in [1.54, 1.807) is 0 Å². The molecule has 0 fully saturated rings. The number of hydrogen-bond donors (Lipinski definition) is 2. The van der Waals surface area contributed by atoms with Crippen LogP contribution in [0.1, 0.15) is 45.1 Å². The Morgan fingerprint density at radius 2 is 2.15 bits per heavy atom. The van der Waals surface area contributed by atoms with E-state index in [0.717, 1.165) is 25.1 Å². The van der Waals surface area contributed by atoms with Gasteiger partial charge in [0.05, 0.1) is 13.2 Å². The van der Waals surface area contributed by atoms with Gasteiger partial charge >= 0.3 is 0 Å². The zero-order valence-corrected chi connectivity index (χ0v) is 12.9. The molecule has 0 bridgehead atoms. The van der Waals surface area contributed by atoms with Crippen molar-refractivity contribution in [3.63, 3.8) is 0 Å². The molecule has 0 amide bonds. The second-order valence-electron chi connectivity index (χ2n) is 5.14. The lowest BCUT2D eigenvalue weighted by molar-refractivity contribution is 0.139. The number of nitrogens with two attached hydrogens (primary N) is 1. The van der Waals surface area contributed by atoms with E-state index in [0.29, 0.717) is 25.0 Å². The van der Waals surface area contributed by atoms with Crippen LogP contribution in [0.2, 0.25) is 0 Å². The minimum absolute atomic E-state index is 0.435. The molecule has 0 aliphatic heterocycles. The normalized spacial score (nSPS) is 11.9. The van der Waals surface area contributed by atoms with Crippen molar-refractivity contribution in [3.8, 4) is 0 Å². The Kier molecular flexibility index (Phi) is 7.73. The van der Waals surface area contributed by atoms with Crippen LogP contribution in [0.15, 0.2) is 29.3 Å². The number of unbranched alkanes of at least 4 members (excludes halogenated alkanes) is 1.